The van der Waals surface area contributed by atoms with Crippen molar-refractivity contribution in [3.8, 4) is 0 Å². The highest BCUT2D eigenvalue weighted by molar-refractivity contribution is 5.92. The van der Waals surface area contributed by atoms with E-state index in [0.29, 0.717) is 17.6 Å². The lowest BCUT2D eigenvalue weighted by atomic mass is 9.47. The van der Waals surface area contributed by atoms with E-state index in [9.17, 15) is 4.79 Å². The smallest absolute Gasteiger partial charge is 0.155 e. The number of aryl methyl sites for hydroxylation is 1. The van der Waals surface area contributed by atoms with Crippen LogP contribution in [0.15, 0.2) is 34.7 Å². The number of hydrogen-bond donors (Lipinski definition) is 0. The standard InChI is InChI=1S/C20H28O2/c1-14-5-8-20(4)15(2)11-17(21)12-18(20)19(14,3)9-6-16-7-10-22-13-16/h7,10-11,13-14,18H,5-6,8-9,12H2,1-4H3/t14-,18+,19+,20+/m1/s1. The van der Waals surface area contributed by atoms with Gasteiger partial charge in [0.2, 0.25) is 0 Å². The molecule has 1 fully saturated rings. The third-order valence-corrected chi connectivity index (χ3v) is 7.00. The van der Waals surface area contributed by atoms with E-state index >= 15 is 0 Å². The predicted octanol–water partition coefficient (Wildman–Crippen LogP) is 5.19. The fraction of sp³-hybridized carbons (Fsp3) is 0.650. The van der Waals surface area contributed by atoms with Crippen molar-refractivity contribution in [1.82, 2.24) is 0 Å². The monoisotopic (exact) mass is 300 g/mol. The molecule has 2 aliphatic carbocycles. The van der Waals surface area contributed by atoms with Gasteiger partial charge in [-0.2, -0.15) is 0 Å². The van der Waals surface area contributed by atoms with Crippen molar-refractivity contribution < 1.29 is 9.21 Å². The molecule has 1 heterocycles. The van der Waals surface area contributed by atoms with Crippen molar-refractivity contribution in [3.05, 3.63) is 35.8 Å². The Kier molecular flexibility index (Phi) is 3.82. The van der Waals surface area contributed by atoms with Gasteiger partial charge in [0, 0.05) is 6.42 Å². The maximum absolute atomic E-state index is 12.2. The predicted molar refractivity (Wildman–Crippen MR) is 88.5 cm³/mol. The van der Waals surface area contributed by atoms with Gasteiger partial charge in [-0.3, -0.25) is 4.79 Å². The number of rotatable bonds is 3. The van der Waals surface area contributed by atoms with Crippen molar-refractivity contribution in [2.75, 3.05) is 0 Å². The summed E-state index contributed by atoms with van der Waals surface area (Å²) in [5.74, 6) is 1.45. The van der Waals surface area contributed by atoms with Crippen LogP contribution in [0.2, 0.25) is 0 Å². The topological polar surface area (TPSA) is 30.2 Å². The van der Waals surface area contributed by atoms with E-state index < -0.39 is 0 Å². The summed E-state index contributed by atoms with van der Waals surface area (Å²) in [6.07, 6.45) is 10.9. The van der Waals surface area contributed by atoms with Gasteiger partial charge in [0.1, 0.15) is 0 Å². The molecule has 120 valence electrons. The first kappa shape index (κ1) is 15.6. The van der Waals surface area contributed by atoms with E-state index in [1.165, 1.54) is 24.0 Å². The molecule has 0 aliphatic heterocycles. The van der Waals surface area contributed by atoms with Crippen LogP contribution in [0.5, 0.6) is 0 Å². The van der Waals surface area contributed by atoms with Gasteiger partial charge >= 0.3 is 0 Å². The van der Waals surface area contributed by atoms with E-state index in [1.807, 2.05) is 12.3 Å². The third kappa shape index (κ3) is 2.37. The zero-order valence-corrected chi connectivity index (χ0v) is 14.3. The second kappa shape index (κ2) is 5.40. The van der Waals surface area contributed by atoms with Gasteiger partial charge in [-0.15, -0.1) is 0 Å². The molecule has 0 spiro atoms. The lowest BCUT2D eigenvalue weighted by Gasteiger charge is -2.57. The van der Waals surface area contributed by atoms with Gasteiger partial charge in [-0.05, 0) is 73.0 Å². The van der Waals surface area contributed by atoms with E-state index in [1.54, 1.807) is 6.26 Å². The van der Waals surface area contributed by atoms with Gasteiger partial charge in [0.25, 0.3) is 0 Å². The molecule has 0 unspecified atom stereocenters. The van der Waals surface area contributed by atoms with Gasteiger partial charge in [0.15, 0.2) is 5.78 Å². The molecule has 0 bridgehead atoms. The molecule has 0 N–H and O–H groups in total. The number of ketones is 1. The van der Waals surface area contributed by atoms with Gasteiger partial charge in [-0.25, -0.2) is 0 Å². The molecule has 22 heavy (non-hydrogen) atoms. The zero-order chi connectivity index (χ0) is 16.0. The first-order chi connectivity index (χ1) is 10.4. The summed E-state index contributed by atoms with van der Waals surface area (Å²) in [5, 5.41) is 0. The second-order valence-electron chi connectivity index (χ2n) is 8.04. The van der Waals surface area contributed by atoms with Crippen LogP contribution < -0.4 is 0 Å². The molecule has 4 atom stereocenters. The lowest BCUT2D eigenvalue weighted by molar-refractivity contribution is -0.123. The molecule has 1 aromatic rings. The van der Waals surface area contributed by atoms with Gasteiger partial charge in [0.05, 0.1) is 12.5 Å². The Bertz CT molecular complexity index is 583. The summed E-state index contributed by atoms with van der Waals surface area (Å²) < 4.78 is 5.21. The molecule has 1 saturated carbocycles. The minimum Gasteiger partial charge on any atom is -0.472 e. The van der Waals surface area contributed by atoms with Crippen LogP contribution in [-0.4, -0.2) is 5.78 Å². The average Bonchev–Trinajstić information content (AvgIpc) is 2.98. The Morgan fingerprint density at radius 3 is 2.82 bits per heavy atom. The molecule has 0 radical (unpaired) electrons. The molecule has 0 saturated heterocycles. The maximum Gasteiger partial charge on any atom is 0.155 e. The highest BCUT2D eigenvalue weighted by atomic mass is 16.3. The molecule has 1 aromatic heterocycles. The number of hydrogen-bond acceptors (Lipinski definition) is 2. The zero-order valence-electron chi connectivity index (χ0n) is 14.3. The first-order valence-electron chi connectivity index (χ1n) is 8.59. The fourth-order valence-electron chi connectivity index (χ4n) is 4.96. The summed E-state index contributed by atoms with van der Waals surface area (Å²) in [6, 6.07) is 2.06. The van der Waals surface area contributed by atoms with Crippen LogP contribution in [0.4, 0.5) is 0 Å². The molecule has 2 aliphatic rings. The van der Waals surface area contributed by atoms with Crippen LogP contribution in [0, 0.1) is 22.7 Å². The van der Waals surface area contributed by atoms with Crippen LogP contribution in [-0.2, 0) is 11.2 Å². The quantitative estimate of drug-likeness (QED) is 0.769. The lowest BCUT2D eigenvalue weighted by Crippen LogP contribution is -2.51. The molecule has 2 nitrogen and oxygen atoms in total. The Morgan fingerprint density at radius 2 is 2.14 bits per heavy atom. The van der Waals surface area contributed by atoms with Gasteiger partial charge in [-0.1, -0.05) is 26.3 Å². The van der Waals surface area contributed by atoms with Crippen molar-refractivity contribution in [2.45, 2.75) is 59.8 Å². The number of carbonyl (C=O) groups is 1. The summed E-state index contributed by atoms with van der Waals surface area (Å²) in [5.41, 5.74) is 2.99. The Labute approximate surface area is 134 Å². The molecule has 0 aromatic carbocycles. The summed E-state index contributed by atoms with van der Waals surface area (Å²) in [7, 11) is 0. The number of furan rings is 1. The molecular formula is C20H28O2. The number of allylic oxidation sites excluding steroid dienone is 2. The number of fused-ring (bicyclic) bond motifs is 1. The first-order valence-corrected chi connectivity index (χ1v) is 8.59. The maximum atomic E-state index is 12.2. The summed E-state index contributed by atoms with van der Waals surface area (Å²) in [6.45, 7) is 9.35. The van der Waals surface area contributed by atoms with Crippen molar-refractivity contribution >= 4 is 5.78 Å². The molecule has 2 heteroatoms. The fourth-order valence-corrected chi connectivity index (χ4v) is 4.96. The molecular weight excluding hydrogens is 272 g/mol. The Morgan fingerprint density at radius 1 is 1.36 bits per heavy atom. The molecule has 0 amide bonds. The van der Waals surface area contributed by atoms with Crippen molar-refractivity contribution in [2.24, 2.45) is 22.7 Å². The number of carbonyl (C=O) groups excluding carboxylic acids is 1. The van der Waals surface area contributed by atoms with Crippen LogP contribution in [0.3, 0.4) is 0 Å². The highest BCUT2D eigenvalue weighted by Crippen LogP contribution is 2.61. The van der Waals surface area contributed by atoms with Crippen molar-refractivity contribution in [1.29, 1.82) is 0 Å². The van der Waals surface area contributed by atoms with E-state index in [0.717, 1.165) is 19.3 Å². The Hall–Kier alpha value is -1.31. The summed E-state index contributed by atoms with van der Waals surface area (Å²) >= 11 is 0. The third-order valence-electron chi connectivity index (χ3n) is 7.00. The minimum absolute atomic E-state index is 0.200. The van der Waals surface area contributed by atoms with E-state index in [2.05, 4.69) is 33.8 Å². The molecule has 3 rings (SSSR count). The van der Waals surface area contributed by atoms with Crippen LogP contribution in [0.25, 0.3) is 0 Å². The van der Waals surface area contributed by atoms with E-state index in [4.69, 9.17) is 4.42 Å². The SMILES string of the molecule is CC1=CC(=O)C[C@H]2[C@@](C)(CCc3ccoc3)[C@H](C)CC[C@@]12C. The average molecular weight is 300 g/mol. The highest BCUT2D eigenvalue weighted by Gasteiger charge is 2.54. The van der Waals surface area contributed by atoms with E-state index in [-0.39, 0.29) is 10.8 Å². The minimum atomic E-state index is 0.200. The van der Waals surface area contributed by atoms with Gasteiger partial charge < -0.3 is 4.42 Å². The van der Waals surface area contributed by atoms with Crippen LogP contribution >= 0.6 is 0 Å². The second-order valence-corrected chi connectivity index (χ2v) is 8.04. The van der Waals surface area contributed by atoms with Crippen LogP contribution in [0.1, 0.15) is 58.9 Å². The summed E-state index contributed by atoms with van der Waals surface area (Å²) in [4.78, 5) is 12.2. The normalized spacial score (nSPS) is 38.5. The largest absolute Gasteiger partial charge is 0.472 e. The Balaban J connectivity index is 1.90. The van der Waals surface area contributed by atoms with Crippen molar-refractivity contribution in [3.63, 3.8) is 0 Å².